The van der Waals surface area contributed by atoms with Crippen LogP contribution in [-0.4, -0.2) is 46.0 Å². The molecule has 0 unspecified atom stereocenters. The van der Waals surface area contributed by atoms with Crippen molar-refractivity contribution in [1.29, 1.82) is 0 Å². The van der Waals surface area contributed by atoms with Gasteiger partial charge in [0.25, 0.3) is 0 Å². The second-order valence-electron chi connectivity index (χ2n) is 6.18. The predicted octanol–water partition coefficient (Wildman–Crippen LogP) is 3.22. The molecule has 0 aliphatic heterocycles. The smallest absolute Gasteiger partial charge is 0.348 e. The molecule has 0 saturated heterocycles. The highest BCUT2D eigenvalue weighted by atomic mass is 32.1. The lowest BCUT2D eigenvalue weighted by molar-refractivity contribution is 0.0601. The number of hydrogen-bond acceptors (Lipinski definition) is 8. The summed E-state index contributed by atoms with van der Waals surface area (Å²) in [5, 5.41) is 10.3. The monoisotopic (exact) mass is 463 g/mol. The van der Waals surface area contributed by atoms with Crippen molar-refractivity contribution in [1.82, 2.24) is 14.8 Å². The minimum atomic E-state index is -0.624. The SMILES string of the molecule is COC(=O)c1sc(NC(=S)Nc2ncn(Cc3ccccc3F)n2)c(C(=O)OC)c1C. The third-order valence-electron chi connectivity index (χ3n) is 4.19. The number of thiophene rings is 1. The van der Waals surface area contributed by atoms with Crippen LogP contribution in [0, 0.1) is 12.7 Å². The summed E-state index contributed by atoms with van der Waals surface area (Å²) in [6.45, 7) is 1.81. The number of rotatable bonds is 6. The molecular formula is C19H18FN5O4S2. The summed E-state index contributed by atoms with van der Waals surface area (Å²) >= 11 is 6.28. The van der Waals surface area contributed by atoms with Crippen molar-refractivity contribution < 1.29 is 23.5 Å². The van der Waals surface area contributed by atoms with Gasteiger partial charge in [0.05, 0.1) is 26.3 Å². The zero-order valence-electron chi connectivity index (χ0n) is 16.8. The quantitative estimate of drug-likeness (QED) is 0.421. The number of benzene rings is 1. The minimum Gasteiger partial charge on any atom is -0.465 e. The highest BCUT2D eigenvalue weighted by molar-refractivity contribution is 7.80. The molecule has 9 nitrogen and oxygen atoms in total. The normalized spacial score (nSPS) is 10.5. The molecule has 0 radical (unpaired) electrons. The molecule has 0 atom stereocenters. The highest BCUT2D eigenvalue weighted by Gasteiger charge is 2.26. The van der Waals surface area contributed by atoms with Gasteiger partial charge in [-0.05, 0) is 30.8 Å². The van der Waals surface area contributed by atoms with Crippen molar-refractivity contribution in [2.24, 2.45) is 0 Å². The number of esters is 2. The van der Waals surface area contributed by atoms with Gasteiger partial charge in [-0.3, -0.25) is 5.32 Å². The van der Waals surface area contributed by atoms with Gasteiger partial charge >= 0.3 is 11.9 Å². The zero-order valence-corrected chi connectivity index (χ0v) is 18.4. The molecule has 2 N–H and O–H groups in total. The van der Waals surface area contributed by atoms with E-state index in [1.807, 2.05) is 0 Å². The Morgan fingerprint density at radius 3 is 2.58 bits per heavy atom. The van der Waals surface area contributed by atoms with Crippen molar-refractivity contribution in [3.8, 4) is 0 Å². The summed E-state index contributed by atoms with van der Waals surface area (Å²) < 4.78 is 24.8. The number of hydrogen-bond donors (Lipinski definition) is 2. The first-order valence-corrected chi connectivity index (χ1v) is 10.1. The Morgan fingerprint density at radius 2 is 1.90 bits per heavy atom. The van der Waals surface area contributed by atoms with E-state index in [9.17, 15) is 14.0 Å². The van der Waals surface area contributed by atoms with E-state index in [4.69, 9.17) is 21.7 Å². The molecule has 0 amide bonds. The lowest BCUT2D eigenvalue weighted by Crippen LogP contribution is -2.21. The molecular weight excluding hydrogens is 445 g/mol. The van der Waals surface area contributed by atoms with E-state index in [1.165, 1.54) is 31.3 Å². The molecule has 0 saturated carbocycles. The van der Waals surface area contributed by atoms with Crippen LogP contribution in [0.4, 0.5) is 15.3 Å². The molecule has 2 aromatic heterocycles. The first-order chi connectivity index (χ1) is 14.8. The number of nitrogens with zero attached hydrogens (tertiary/aromatic N) is 3. The summed E-state index contributed by atoms with van der Waals surface area (Å²) in [6.07, 6.45) is 1.43. The lowest BCUT2D eigenvalue weighted by atomic mass is 10.1. The van der Waals surface area contributed by atoms with E-state index in [1.54, 1.807) is 25.1 Å². The Bertz CT molecular complexity index is 1140. The zero-order chi connectivity index (χ0) is 22.5. The number of carbonyl (C=O) groups is 2. The van der Waals surface area contributed by atoms with E-state index >= 15 is 0 Å². The molecule has 0 spiro atoms. The maximum absolute atomic E-state index is 13.8. The van der Waals surface area contributed by atoms with Crippen LogP contribution in [0.5, 0.6) is 0 Å². The van der Waals surface area contributed by atoms with E-state index in [2.05, 4.69) is 20.7 Å². The van der Waals surface area contributed by atoms with Gasteiger partial charge in [-0.1, -0.05) is 18.2 Å². The van der Waals surface area contributed by atoms with Crippen molar-refractivity contribution in [2.45, 2.75) is 13.5 Å². The molecule has 0 aliphatic rings. The van der Waals surface area contributed by atoms with Gasteiger partial charge in [0.15, 0.2) is 5.11 Å². The summed E-state index contributed by atoms with van der Waals surface area (Å²) in [5.74, 6) is -1.36. The average Bonchev–Trinajstić information content (AvgIpc) is 3.32. The van der Waals surface area contributed by atoms with Crippen LogP contribution in [0.25, 0.3) is 0 Å². The van der Waals surface area contributed by atoms with Crippen LogP contribution >= 0.6 is 23.6 Å². The Kier molecular flexibility index (Phi) is 6.92. The van der Waals surface area contributed by atoms with Crippen LogP contribution in [0.3, 0.4) is 0 Å². The van der Waals surface area contributed by atoms with Gasteiger partial charge in [0.1, 0.15) is 22.0 Å². The second-order valence-corrected chi connectivity index (χ2v) is 7.61. The van der Waals surface area contributed by atoms with Gasteiger partial charge in [-0.2, -0.15) is 0 Å². The lowest BCUT2D eigenvalue weighted by Gasteiger charge is -2.08. The van der Waals surface area contributed by atoms with Crippen molar-refractivity contribution in [2.75, 3.05) is 24.9 Å². The number of carbonyl (C=O) groups excluding carboxylic acids is 2. The fraction of sp³-hybridized carbons (Fsp3) is 0.211. The fourth-order valence-electron chi connectivity index (χ4n) is 2.70. The third kappa shape index (κ3) is 5.03. The molecule has 3 aromatic rings. The standard InChI is InChI=1S/C19H18FN5O4S2/c1-10-13(16(26)28-2)15(31-14(10)17(27)29-3)22-19(30)23-18-21-9-25(24-18)8-11-6-4-5-7-12(11)20/h4-7,9H,8H2,1-3H3,(H2,22,23,24,30). The number of nitrogens with one attached hydrogen (secondary N) is 2. The average molecular weight is 464 g/mol. The van der Waals surface area contributed by atoms with Crippen molar-refractivity contribution in [3.05, 3.63) is 58.0 Å². The molecule has 0 bridgehead atoms. The largest absolute Gasteiger partial charge is 0.465 e. The Balaban J connectivity index is 1.74. The van der Waals surface area contributed by atoms with Gasteiger partial charge in [-0.15, -0.1) is 16.4 Å². The van der Waals surface area contributed by atoms with Crippen LogP contribution in [0.2, 0.25) is 0 Å². The predicted molar refractivity (Wildman–Crippen MR) is 117 cm³/mol. The molecule has 12 heteroatoms. The van der Waals surface area contributed by atoms with Gasteiger partial charge in [0, 0.05) is 5.56 Å². The second kappa shape index (κ2) is 9.62. The summed E-state index contributed by atoms with van der Waals surface area (Å²) in [6, 6.07) is 6.37. The van der Waals surface area contributed by atoms with Gasteiger partial charge in [0.2, 0.25) is 5.95 Å². The third-order valence-corrected chi connectivity index (χ3v) is 5.58. The Hall–Kier alpha value is -3.38. The van der Waals surface area contributed by atoms with Crippen LogP contribution < -0.4 is 10.6 Å². The molecule has 3 rings (SSSR count). The molecule has 2 heterocycles. The summed E-state index contributed by atoms with van der Waals surface area (Å²) in [5.41, 5.74) is 1.06. The number of thiocarbonyl (C=S) groups is 1. The first kappa shape index (κ1) is 22.3. The minimum absolute atomic E-state index is 0.0893. The molecule has 0 aliphatic carbocycles. The van der Waals surface area contributed by atoms with Gasteiger partial charge in [-0.25, -0.2) is 23.6 Å². The molecule has 162 valence electrons. The maximum atomic E-state index is 13.8. The highest BCUT2D eigenvalue weighted by Crippen LogP contribution is 2.34. The van der Waals surface area contributed by atoms with Gasteiger partial charge < -0.3 is 14.8 Å². The van der Waals surface area contributed by atoms with E-state index in [-0.39, 0.29) is 33.9 Å². The van der Waals surface area contributed by atoms with E-state index in [0.29, 0.717) is 16.1 Å². The topological polar surface area (TPSA) is 107 Å². The van der Waals surface area contributed by atoms with Crippen molar-refractivity contribution in [3.63, 3.8) is 0 Å². The van der Waals surface area contributed by atoms with Crippen LogP contribution in [0.15, 0.2) is 30.6 Å². The first-order valence-electron chi connectivity index (χ1n) is 8.85. The Morgan fingerprint density at radius 1 is 1.19 bits per heavy atom. The van der Waals surface area contributed by atoms with Crippen molar-refractivity contribution >= 4 is 51.6 Å². The fourth-order valence-corrected chi connectivity index (χ4v) is 4.08. The number of halogens is 1. The van der Waals surface area contributed by atoms with Crippen LogP contribution in [0.1, 0.15) is 31.2 Å². The van der Waals surface area contributed by atoms with Crippen LogP contribution in [-0.2, 0) is 16.0 Å². The summed E-state index contributed by atoms with van der Waals surface area (Å²) in [4.78, 5) is 28.5. The molecule has 31 heavy (non-hydrogen) atoms. The number of anilines is 2. The maximum Gasteiger partial charge on any atom is 0.348 e. The molecule has 0 fully saturated rings. The number of aromatic nitrogens is 3. The molecule has 1 aromatic carbocycles. The van der Waals surface area contributed by atoms with E-state index in [0.717, 1.165) is 11.3 Å². The number of ether oxygens (including phenoxy) is 2. The van der Waals surface area contributed by atoms with E-state index < -0.39 is 11.9 Å². The Labute approximate surface area is 186 Å². The summed E-state index contributed by atoms with van der Waals surface area (Å²) in [7, 11) is 2.49. The number of methoxy groups -OCH3 is 2.